The first kappa shape index (κ1) is 53.3. The van der Waals surface area contributed by atoms with E-state index >= 15 is 0 Å². The van der Waals surface area contributed by atoms with E-state index in [0.717, 1.165) is 5.57 Å². The fraction of sp³-hybridized carbons (Fsp3) is 0.917. The topological polar surface area (TPSA) is 353 Å². The van der Waals surface area contributed by atoms with Crippen molar-refractivity contribution < 1.29 is 104 Å². The number of aliphatic hydroxyl groups is 11. The molecule has 0 spiro atoms. The summed E-state index contributed by atoms with van der Waals surface area (Å²) in [6, 6.07) is 0. The van der Waals surface area contributed by atoms with Crippen molar-refractivity contribution in [1.82, 2.24) is 0 Å². The summed E-state index contributed by atoms with van der Waals surface area (Å²) in [5.74, 6) is -3.22. The minimum atomic E-state index is -2.11. The third-order valence-electron chi connectivity index (χ3n) is 20.0. The van der Waals surface area contributed by atoms with Gasteiger partial charge in [0.05, 0.1) is 43.0 Å². The second kappa shape index (κ2) is 18.4. The number of rotatable bonds is 10. The Labute approximate surface area is 400 Å². The van der Waals surface area contributed by atoms with E-state index in [0.29, 0.717) is 44.9 Å². The number of ether oxygens (including phenoxy) is 6. The summed E-state index contributed by atoms with van der Waals surface area (Å²) in [6.45, 7) is 12.3. The van der Waals surface area contributed by atoms with Crippen LogP contribution in [-0.2, 0) is 38.0 Å². The number of carbonyl (C=O) groups is 2. The molecule has 0 aromatic rings. The highest BCUT2D eigenvalue weighted by Crippen LogP contribution is 2.76. The van der Waals surface area contributed by atoms with E-state index < -0.39 is 156 Å². The number of carboxylic acids is 2. The zero-order chi connectivity index (χ0) is 50.9. The second-order valence-electron chi connectivity index (χ2n) is 23.3. The highest BCUT2D eigenvalue weighted by atomic mass is 16.8. The predicted octanol–water partition coefficient (Wildman–Crippen LogP) is -1.26. The van der Waals surface area contributed by atoms with E-state index in [-0.39, 0.29) is 36.2 Å². The van der Waals surface area contributed by atoms with E-state index in [4.69, 9.17) is 28.4 Å². The van der Waals surface area contributed by atoms with Gasteiger partial charge in [-0.15, -0.1) is 0 Å². The van der Waals surface area contributed by atoms with Crippen molar-refractivity contribution in [3.63, 3.8) is 0 Å². The Balaban J connectivity index is 1.08. The van der Waals surface area contributed by atoms with Crippen LogP contribution in [0.25, 0.3) is 0 Å². The van der Waals surface area contributed by atoms with Gasteiger partial charge in [-0.1, -0.05) is 46.3 Å². The van der Waals surface area contributed by atoms with Crippen molar-refractivity contribution in [2.24, 2.45) is 50.2 Å². The van der Waals surface area contributed by atoms with Crippen LogP contribution in [0.15, 0.2) is 11.6 Å². The summed E-state index contributed by atoms with van der Waals surface area (Å²) in [4.78, 5) is 25.2. The lowest BCUT2D eigenvalue weighted by Crippen LogP contribution is -2.69. The van der Waals surface area contributed by atoms with Gasteiger partial charge in [-0.25, -0.2) is 4.79 Å². The van der Waals surface area contributed by atoms with Gasteiger partial charge in [-0.05, 0) is 99.2 Å². The fourth-order valence-corrected chi connectivity index (χ4v) is 15.1. The number of fused-ring (bicyclic) bond motifs is 7. The molecule has 0 bridgehead atoms. The van der Waals surface area contributed by atoms with Crippen molar-refractivity contribution in [2.75, 3.05) is 13.2 Å². The summed E-state index contributed by atoms with van der Waals surface area (Å²) in [5.41, 5.74) is -3.32. The molecule has 69 heavy (non-hydrogen) atoms. The lowest BCUT2D eigenvalue weighted by Gasteiger charge is -2.72. The van der Waals surface area contributed by atoms with Crippen molar-refractivity contribution >= 4 is 11.9 Å². The Bertz CT molecular complexity index is 1960. The highest BCUT2D eigenvalue weighted by Gasteiger charge is 2.71. The van der Waals surface area contributed by atoms with Crippen LogP contribution in [0.1, 0.15) is 99.8 Å². The van der Waals surface area contributed by atoms with Gasteiger partial charge in [0.15, 0.2) is 25.0 Å². The maximum Gasteiger partial charge on any atom is 0.335 e. The minimum Gasteiger partial charge on any atom is -0.481 e. The quantitative estimate of drug-likeness (QED) is 0.0897. The van der Waals surface area contributed by atoms with Crippen molar-refractivity contribution in [3.05, 3.63) is 11.6 Å². The smallest absolute Gasteiger partial charge is 0.335 e. The molecule has 3 saturated heterocycles. The summed E-state index contributed by atoms with van der Waals surface area (Å²) in [7, 11) is 0. The molecular formula is C48H76O21. The Morgan fingerprint density at radius 3 is 1.88 bits per heavy atom. The first-order valence-electron chi connectivity index (χ1n) is 24.5. The molecule has 0 aromatic heterocycles. The first-order valence-corrected chi connectivity index (χ1v) is 24.5. The molecule has 3 heterocycles. The maximum absolute atomic E-state index is 12.7. The van der Waals surface area contributed by atoms with Gasteiger partial charge < -0.3 is 94.8 Å². The lowest BCUT2D eigenvalue weighted by molar-refractivity contribution is -0.396. The van der Waals surface area contributed by atoms with Gasteiger partial charge >= 0.3 is 11.9 Å². The SMILES string of the molecule is C[C@@H]1O[C@@H](O[C@H]2[C@H](O[C@H]3[C@H](O[C@H]4CC[C@@]5(C)C(CC[C@]6(C)[C@@H]5CC=C5[C@@H]7C[C@](C)(C(=O)O)[C@@H](O)[C@@H](O)[C@]7(C)CC[C@]56C)[C@@]4(C)CO)O[C@H](C(=O)O)[C@@H](O)[C@@H]3O)O[C@H](CO)[C@H](O)[C@@H]2O)[C@H](O)[C@H](O)[C@H]1O. The van der Waals surface area contributed by atoms with Gasteiger partial charge in [-0.2, -0.15) is 0 Å². The van der Waals surface area contributed by atoms with E-state index in [1.807, 2.05) is 13.8 Å². The van der Waals surface area contributed by atoms with Crippen LogP contribution in [0.3, 0.4) is 0 Å². The van der Waals surface area contributed by atoms with E-state index in [2.05, 4.69) is 26.8 Å². The number of aliphatic hydroxyl groups excluding tert-OH is 11. The summed E-state index contributed by atoms with van der Waals surface area (Å²) in [5, 5.41) is 141. The molecule has 8 rings (SSSR count). The molecule has 7 fully saturated rings. The third-order valence-corrected chi connectivity index (χ3v) is 20.0. The van der Waals surface area contributed by atoms with E-state index in [1.165, 1.54) is 13.8 Å². The Kier molecular flexibility index (Phi) is 14.2. The number of aliphatic carboxylic acids is 2. The van der Waals surface area contributed by atoms with Crippen LogP contribution in [0.4, 0.5) is 0 Å². The van der Waals surface area contributed by atoms with Crippen molar-refractivity contribution in [1.29, 1.82) is 0 Å². The number of allylic oxidation sites excluding steroid dienone is 2. The van der Waals surface area contributed by atoms with Crippen LogP contribution in [-0.4, -0.2) is 202 Å². The maximum atomic E-state index is 12.7. The summed E-state index contributed by atoms with van der Waals surface area (Å²) >= 11 is 0. The number of carboxylic acid groups (broad SMARTS) is 2. The molecule has 394 valence electrons. The van der Waals surface area contributed by atoms with E-state index in [1.54, 1.807) is 0 Å². The molecule has 0 aromatic carbocycles. The molecule has 27 atom stereocenters. The number of hydrogen-bond donors (Lipinski definition) is 13. The van der Waals surface area contributed by atoms with Gasteiger partial charge in [0.2, 0.25) is 0 Å². The van der Waals surface area contributed by atoms with Gasteiger partial charge in [0.25, 0.3) is 0 Å². The normalized spacial score (nSPS) is 56.4. The van der Waals surface area contributed by atoms with Crippen LogP contribution in [0.5, 0.6) is 0 Å². The fourth-order valence-electron chi connectivity index (χ4n) is 15.1. The molecule has 21 nitrogen and oxygen atoms in total. The van der Waals surface area contributed by atoms with Crippen molar-refractivity contribution in [2.45, 2.75) is 210 Å². The third kappa shape index (κ3) is 7.90. The highest BCUT2D eigenvalue weighted by molar-refractivity contribution is 5.75. The standard InChI is InChI=1S/C48H76O21/c1-19-26(51)28(53)32(57)39(64-19)68-34-29(54)27(52)22(17-49)65-40(34)69-35-31(56)30(55)33(38(60)61)67-41(35)66-25-11-12-44(3)23(46(25,5)18-50)10-13-48(7)24(44)9-8-20-21-16-45(4,42(62)63)37(59)36(58)43(21,2)14-15-47(20,48)6/h8,19,21-37,39-41,49-59H,9-18H2,1-7H3,(H,60,61)(H,62,63)/t19-,21-,22+,23?,24+,25-,26-,27-,28+,29-,30-,31-,32+,33-,34+,35+,36+,37-,39-,40-,41+,43+,44-,45-,46+,47+,48+/m0/s1. The Morgan fingerprint density at radius 2 is 1.28 bits per heavy atom. The summed E-state index contributed by atoms with van der Waals surface area (Å²) < 4.78 is 36.0. The van der Waals surface area contributed by atoms with Gasteiger partial charge in [0, 0.05) is 10.8 Å². The minimum absolute atomic E-state index is 0.0645. The molecular weight excluding hydrogens is 913 g/mol. The molecule has 0 radical (unpaired) electrons. The Hall–Kier alpha value is -2.00. The molecule has 13 N–H and O–H groups in total. The molecule has 4 saturated carbocycles. The largest absolute Gasteiger partial charge is 0.481 e. The second-order valence-corrected chi connectivity index (χ2v) is 23.3. The molecule has 0 amide bonds. The molecule has 1 unspecified atom stereocenters. The zero-order valence-corrected chi connectivity index (χ0v) is 40.4. The lowest BCUT2D eigenvalue weighted by atomic mass is 9.33. The molecule has 8 aliphatic rings. The van der Waals surface area contributed by atoms with Crippen LogP contribution < -0.4 is 0 Å². The average Bonchev–Trinajstić information content (AvgIpc) is 3.30. The summed E-state index contributed by atoms with van der Waals surface area (Å²) in [6.07, 6.45) is -23.8. The van der Waals surface area contributed by atoms with Crippen LogP contribution in [0, 0.1) is 50.2 Å². The van der Waals surface area contributed by atoms with Gasteiger partial charge in [0.1, 0.15) is 61.0 Å². The molecule has 5 aliphatic carbocycles. The molecule has 3 aliphatic heterocycles. The zero-order valence-electron chi connectivity index (χ0n) is 40.4. The first-order chi connectivity index (χ1) is 32.1. The predicted molar refractivity (Wildman–Crippen MR) is 234 cm³/mol. The van der Waals surface area contributed by atoms with E-state index in [9.17, 15) is 76.0 Å². The molecule has 21 heteroatoms. The average molecular weight is 989 g/mol. The van der Waals surface area contributed by atoms with Crippen LogP contribution >= 0.6 is 0 Å². The van der Waals surface area contributed by atoms with Crippen LogP contribution in [0.2, 0.25) is 0 Å². The monoisotopic (exact) mass is 988 g/mol. The van der Waals surface area contributed by atoms with Crippen molar-refractivity contribution in [3.8, 4) is 0 Å². The number of hydrogen-bond acceptors (Lipinski definition) is 19. The Morgan fingerprint density at radius 1 is 0.652 bits per heavy atom. The van der Waals surface area contributed by atoms with Gasteiger partial charge in [-0.3, -0.25) is 4.79 Å².